The van der Waals surface area contributed by atoms with Gasteiger partial charge in [0.05, 0.1) is 29.3 Å². The molecule has 2 aromatic rings. The van der Waals surface area contributed by atoms with Crippen LogP contribution in [-0.2, 0) is 16.2 Å². The van der Waals surface area contributed by atoms with E-state index in [1.165, 1.54) is 30.3 Å². The highest BCUT2D eigenvalue weighted by atomic mass is 32.2. The zero-order chi connectivity index (χ0) is 19.4. The fourth-order valence-electron chi connectivity index (χ4n) is 2.28. The molecule has 0 radical (unpaired) electrons. The maximum atomic E-state index is 12.9. The van der Waals surface area contributed by atoms with Crippen molar-refractivity contribution in [2.24, 2.45) is 0 Å². The second-order valence-electron chi connectivity index (χ2n) is 5.27. The normalized spacial score (nSPS) is 11.8. The summed E-state index contributed by atoms with van der Waals surface area (Å²) in [6.07, 6.45) is -3.13. The van der Waals surface area contributed by atoms with Crippen molar-refractivity contribution in [1.29, 1.82) is 0 Å². The fraction of sp³-hybridized carbons (Fsp3) is 0.222. The second-order valence-corrected chi connectivity index (χ2v) is 7.14. The molecule has 2 aromatic carbocycles. The molecular weight excluding hydrogens is 367 g/mol. The maximum Gasteiger partial charge on any atom is 0.416 e. The van der Waals surface area contributed by atoms with Gasteiger partial charge >= 0.3 is 6.18 Å². The standard InChI is InChI=1S/C18H18F3NO3S/c1-3-13-22(15-7-5-14(6-8-15)18(19,20)21)26(23,24)17-11-9-16(10-12-17)25-4-2/h3,5-12H,1,4,13H2,2H3. The summed E-state index contributed by atoms with van der Waals surface area (Å²) in [6.45, 7) is 5.69. The van der Waals surface area contributed by atoms with Crippen LogP contribution in [0.1, 0.15) is 12.5 Å². The first kappa shape index (κ1) is 19.8. The smallest absolute Gasteiger partial charge is 0.416 e. The lowest BCUT2D eigenvalue weighted by Crippen LogP contribution is -2.31. The Kier molecular flexibility index (Phi) is 5.97. The lowest BCUT2D eigenvalue weighted by Gasteiger charge is -2.23. The molecule has 0 fully saturated rings. The molecule has 0 aliphatic heterocycles. The van der Waals surface area contributed by atoms with Gasteiger partial charge in [0.2, 0.25) is 0 Å². The first-order valence-corrected chi connectivity index (χ1v) is 9.18. The Morgan fingerprint density at radius 2 is 1.65 bits per heavy atom. The molecule has 0 saturated carbocycles. The average Bonchev–Trinajstić information content (AvgIpc) is 2.60. The lowest BCUT2D eigenvalue weighted by molar-refractivity contribution is -0.137. The van der Waals surface area contributed by atoms with Crippen molar-refractivity contribution in [3.05, 3.63) is 66.7 Å². The number of hydrogen-bond acceptors (Lipinski definition) is 3. The van der Waals surface area contributed by atoms with E-state index in [4.69, 9.17) is 4.74 Å². The molecule has 0 aliphatic carbocycles. The quantitative estimate of drug-likeness (QED) is 0.660. The number of halogens is 3. The number of alkyl halides is 3. The van der Waals surface area contributed by atoms with E-state index < -0.39 is 21.8 Å². The van der Waals surface area contributed by atoms with Gasteiger partial charge in [0, 0.05) is 0 Å². The van der Waals surface area contributed by atoms with E-state index >= 15 is 0 Å². The minimum atomic E-state index is -4.49. The molecule has 140 valence electrons. The predicted octanol–water partition coefficient (Wildman–Crippen LogP) is 4.49. The Morgan fingerprint density at radius 1 is 1.08 bits per heavy atom. The van der Waals surface area contributed by atoms with Crippen molar-refractivity contribution in [1.82, 2.24) is 0 Å². The first-order chi connectivity index (χ1) is 12.2. The van der Waals surface area contributed by atoms with E-state index in [1.54, 1.807) is 6.92 Å². The summed E-state index contributed by atoms with van der Waals surface area (Å²) in [7, 11) is -3.97. The third kappa shape index (κ3) is 4.37. The molecule has 0 aromatic heterocycles. The van der Waals surface area contributed by atoms with Crippen LogP contribution in [0.4, 0.5) is 18.9 Å². The van der Waals surface area contributed by atoms with Gasteiger partial charge in [0.1, 0.15) is 5.75 Å². The zero-order valence-corrected chi connectivity index (χ0v) is 14.8. The molecule has 0 N–H and O–H groups in total. The summed E-state index contributed by atoms with van der Waals surface area (Å²) < 4.78 is 70.2. The summed E-state index contributed by atoms with van der Waals surface area (Å²) in [5.74, 6) is 0.524. The minimum absolute atomic E-state index is 0.00250. The molecule has 0 heterocycles. The van der Waals surface area contributed by atoms with Crippen molar-refractivity contribution >= 4 is 15.7 Å². The summed E-state index contributed by atoms with van der Waals surface area (Å²) in [5.41, 5.74) is -0.731. The van der Waals surface area contributed by atoms with Crippen LogP contribution >= 0.6 is 0 Å². The Bertz CT molecular complexity index is 845. The largest absolute Gasteiger partial charge is 0.494 e. The summed E-state index contributed by atoms with van der Waals surface area (Å²) in [4.78, 5) is 0.00250. The van der Waals surface area contributed by atoms with Crippen LogP contribution in [0.3, 0.4) is 0 Å². The topological polar surface area (TPSA) is 46.6 Å². The molecule has 0 unspecified atom stereocenters. The summed E-state index contributed by atoms with van der Waals surface area (Å²) in [5, 5.41) is 0. The van der Waals surface area contributed by atoms with Gasteiger partial charge in [-0.3, -0.25) is 4.31 Å². The van der Waals surface area contributed by atoms with Gasteiger partial charge in [-0.1, -0.05) is 6.08 Å². The van der Waals surface area contributed by atoms with Gasteiger partial charge < -0.3 is 4.74 Å². The second kappa shape index (κ2) is 7.82. The van der Waals surface area contributed by atoms with Gasteiger partial charge in [0.25, 0.3) is 10.0 Å². The Balaban J connectivity index is 2.39. The molecule has 8 heteroatoms. The van der Waals surface area contributed by atoms with E-state index in [-0.39, 0.29) is 17.1 Å². The van der Waals surface area contributed by atoms with Crippen molar-refractivity contribution in [2.75, 3.05) is 17.5 Å². The molecule has 2 rings (SSSR count). The number of hydrogen-bond donors (Lipinski definition) is 0. The number of nitrogens with zero attached hydrogens (tertiary/aromatic N) is 1. The first-order valence-electron chi connectivity index (χ1n) is 7.74. The number of sulfonamides is 1. The Labute approximate surface area is 150 Å². The number of ether oxygens (including phenoxy) is 1. The minimum Gasteiger partial charge on any atom is -0.494 e. The van der Waals surface area contributed by atoms with Crippen molar-refractivity contribution in [3.63, 3.8) is 0 Å². The van der Waals surface area contributed by atoms with Gasteiger partial charge in [-0.15, -0.1) is 6.58 Å². The number of anilines is 1. The lowest BCUT2D eigenvalue weighted by atomic mass is 10.2. The van der Waals surface area contributed by atoms with Crippen LogP contribution < -0.4 is 9.04 Å². The van der Waals surface area contributed by atoms with E-state index in [0.29, 0.717) is 12.4 Å². The van der Waals surface area contributed by atoms with E-state index in [9.17, 15) is 21.6 Å². The highest BCUT2D eigenvalue weighted by Crippen LogP contribution is 2.32. The van der Waals surface area contributed by atoms with Gasteiger partial charge in [-0.2, -0.15) is 13.2 Å². The molecule has 0 saturated heterocycles. The molecule has 0 amide bonds. The van der Waals surface area contributed by atoms with Crippen LogP contribution in [0.2, 0.25) is 0 Å². The van der Waals surface area contributed by atoms with E-state index in [1.807, 2.05) is 0 Å². The van der Waals surface area contributed by atoms with Gasteiger partial charge in [0.15, 0.2) is 0 Å². The third-order valence-corrected chi connectivity index (χ3v) is 5.31. The van der Waals surface area contributed by atoms with Crippen molar-refractivity contribution < 1.29 is 26.3 Å². The third-order valence-electron chi connectivity index (χ3n) is 3.50. The molecule has 0 atom stereocenters. The highest BCUT2D eigenvalue weighted by molar-refractivity contribution is 7.92. The number of rotatable bonds is 7. The average molecular weight is 385 g/mol. The molecule has 0 spiro atoms. The zero-order valence-electron chi connectivity index (χ0n) is 14.0. The van der Waals surface area contributed by atoms with Gasteiger partial charge in [-0.05, 0) is 55.5 Å². The molecular formula is C18H18F3NO3S. The Morgan fingerprint density at radius 3 is 2.12 bits per heavy atom. The Hall–Kier alpha value is -2.48. The molecule has 0 aliphatic rings. The van der Waals surface area contributed by atoms with Gasteiger partial charge in [-0.25, -0.2) is 8.42 Å². The fourth-order valence-corrected chi connectivity index (χ4v) is 3.71. The number of benzene rings is 2. The highest BCUT2D eigenvalue weighted by Gasteiger charge is 2.31. The van der Waals surface area contributed by atoms with Crippen LogP contribution in [-0.4, -0.2) is 21.6 Å². The van der Waals surface area contributed by atoms with Crippen LogP contribution in [0, 0.1) is 0 Å². The molecule has 26 heavy (non-hydrogen) atoms. The maximum absolute atomic E-state index is 12.9. The molecule has 4 nitrogen and oxygen atoms in total. The molecule has 0 bridgehead atoms. The summed E-state index contributed by atoms with van der Waals surface area (Å²) >= 11 is 0. The van der Waals surface area contributed by atoms with Crippen LogP contribution in [0.15, 0.2) is 66.1 Å². The monoisotopic (exact) mass is 385 g/mol. The predicted molar refractivity (Wildman–Crippen MR) is 93.8 cm³/mol. The van der Waals surface area contributed by atoms with Crippen molar-refractivity contribution in [3.8, 4) is 5.75 Å². The van der Waals surface area contributed by atoms with Crippen molar-refractivity contribution in [2.45, 2.75) is 18.0 Å². The van der Waals surface area contributed by atoms with Crippen LogP contribution in [0.25, 0.3) is 0 Å². The van der Waals surface area contributed by atoms with Crippen LogP contribution in [0.5, 0.6) is 5.75 Å². The summed E-state index contributed by atoms with van der Waals surface area (Å²) in [6, 6.07) is 9.76. The van der Waals surface area contributed by atoms with E-state index in [0.717, 1.165) is 28.6 Å². The van der Waals surface area contributed by atoms with E-state index in [2.05, 4.69) is 6.58 Å². The SMILES string of the molecule is C=CCN(c1ccc(C(F)(F)F)cc1)S(=O)(=O)c1ccc(OCC)cc1.